The Hall–Kier alpha value is -0.850. The number of hydrogen-bond acceptors (Lipinski definition) is 1. The molecule has 0 radical (unpaired) electrons. The summed E-state index contributed by atoms with van der Waals surface area (Å²) in [6.07, 6.45) is 10.7. The van der Waals surface area contributed by atoms with E-state index in [0.29, 0.717) is 5.78 Å². The summed E-state index contributed by atoms with van der Waals surface area (Å²) in [7, 11) is 0. The van der Waals surface area contributed by atoms with Gasteiger partial charge >= 0.3 is 0 Å². The molecule has 0 aliphatic heterocycles. The van der Waals surface area contributed by atoms with Crippen molar-refractivity contribution in [3.63, 3.8) is 0 Å². The summed E-state index contributed by atoms with van der Waals surface area (Å²) in [5, 5.41) is 0. The monoisotopic (exact) mass is 202 g/mol. The third-order valence-corrected chi connectivity index (χ3v) is 4.33. The Morgan fingerprint density at radius 3 is 2.93 bits per heavy atom. The van der Waals surface area contributed by atoms with E-state index < -0.39 is 0 Å². The van der Waals surface area contributed by atoms with Crippen molar-refractivity contribution in [3.8, 4) is 0 Å². The first-order chi connectivity index (χ1) is 7.24. The van der Waals surface area contributed by atoms with E-state index in [2.05, 4.69) is 13.0 Å². The highest BCUT2D eigenvalue weighted by atomic mass is 16.1. The minimum atomic E-state index is 0.262. The van der Waals surface area contributed by atoms with Gasteiger partial charge < -0.3 is 0 Å². The molecule has 0 aromatic rings. The molecule has 0 heterocycles. The quantitative estimate of drug-likeness (QED) is 0.589. The Labute approximate surface area is 91.2 Å². The number of allylic oxidation sites excluding steroid dienone is 4. The normalized spacial score (nSPS) is 39.3. The zero-order valence-electron chi connectivity index (χ0n) is 9.33. The van der Waals surface area contributed by atoms with E-state index in [1.165, 1.54) is 31.3 Å². The first kappa shape index (κ1) is 9.38. The van der Waals surface area contributed by atoms with Crippen molar-refractivity contribution in [1.29, 1.82) is 0 Å². The number of carbonyl (C=O) groups excluding carboxylic acids is 1. The fourth-order valence-electron chi connectivity index (χ4n) is 3.69. The van der Waals surface area contributed by atoms with Gasteiger partial charge in [-0.05, 0) is 49.7 Å². The Kier molecular flexibility index (Phi) is 2.08. The van der Waals surface area contributed by atoms with Crippen LogP contribution in [0.25, 0.3) is 0 Å². The van der Waals surface area contributed by atoms with Crippen molar-refractivity contribution in [1.82, 2.24) is 0 Å². The van der Waals surface area contributed by atoms with E-state index in [1.807, 2.05) is 6.08 Å². The molecule has 0 saturated heterocycles. The molecule has 80 valence electrons. The van der Waals surface area contributed by atoms with Crippen LogP contribution < -0.4 is 0 Å². The molecule has 3 rings (SSSR count). The van der Waals surface area contributed by atoms with Gasteiger partial charge in [-0.25, -0.2) is 0 Å². The van der Waals surface area contributed by atoms with Crippen LogP contribution in [0.15, 0.2) is 23.3 Å². The van der Waals surface area contributed by atoms with E-state index in [1.54, 1.807) is 0 Å². The second kappa shape index (κ2) is 3.33. The van der Waals surface area contributed by atoms with Gasteiger partial charge in [-0.2, -0.15) is 0 Å². The molecule has 2 bridgehead atoms. The van der Waals surface area contributed by atoms with Crippen LogP contribution in [-0.2, 0) is 4.79 Å². The van der Waals surface area contributed by atoms with Crippen molar-refractivity contribution in [2.75, 3.05) is 0 Å². The molecule has 1 heteroatoms. The largest absolute Gasteiger partial charge is 0.294 e. The van der Waals surface area contributed by atoms with Crippen LogP contribution in [0.4, 0.5) is 0 Å². The zero-order chi connectivity index (χ0) is 10.4. The lowest BCUT2D eigenvalue weighted by molar-refractivity contribution is -0.118. The number of rotatable bonds is 0. The summed E-state index contributed by atoms with van der Waals surface area (Å²) in [4.78, 5) is 12.0. The molecule has 1 nitrogen and oxygen atoms in total. The van der Waals surface area contributed by atoms with Gasteiger partial charge in [0.15, 0.2) is 5.78 Å². The van der Waals surface area contributed by atoms with Crippen LogP contribution in [0, 0.1) is 17.8 Å². The van der Waals surface area contributed by atoms with Crippen molar-refractivity contribution in [2.45, 2.75) is 39.0 Å². The van der Waals surface area contributed by atoms with E-state index in [0.717, 1.165) is 23.8 Å². The molecule has 0 N–H and O–H groups in total. The maximum Gasteiger partial charge on any atom is 0.163 e. The molecule has 3 aliphatic carbocycles. The van der Waals surface area contributed by atoms with Gasteiger partial charge in [0, 0.05) is 5.92 Å². The predicted molar refractivity (Wildman–Crippen MR) is 60.4 cm³/mol. The highest BCUT2D eigenvalue weighted by Gasteiger charge is 2.39. The van der Waals surface area contributed by atoms with Crippen LogP contribution in [0.1, 0.15) is 39.0 Å². The molecule has 1 unspecified atom stereocenters. The van der Waals surface area contributed by atoms with Gasteiger partial charge in [0.05, 0.1) is 0 Å². The molecule has 2 saturated carbocycles. The highest BCUT2D eigenvalue weighted by molar-refractivity contribution is 5.96. The van der Waals surface area contributed by atoms with Crippen LogP contribution in [0.3, 0.4) is 0 Å². The fourth-order valence-corrected chi connectivity index (χ4v) is 3.69. The maximum absolute atomic E-state index is 12.0. The maximum atomic E-state index is 12.0. The lowest BCUT2D eigenvalue weighted by atomic mass is 9.63. The summed E-state index contributed by atoms with van der Waals surface area (Å²) in [6, 6.07) is 0. The van der Waals surface area contributed by atoms with Crippen molar-refractivity contribution < 1.29 is 4.79 Å². The van der Waals surface area contributed by atoms with Gasteiger partial charge in [-0.1, -0.05) is 24.5 Å². The standard InChI is InChI=1S/C14H18O/c1-9-5-12-11-4-2-3-10(7-11)8-13(12)14(15)6-9/h5-6,10-11,13H,2-4,7-8H2,1H3/t10?,11-,13+/m1/s1. The third kappa shape index (κ3) is 1.49. The summed E-state index contributed by atoms with van der Waals surface area (Å²) >= 11 is 0. The fraction of sp³-hybridized carbons (Fsp3) is 0.643. The Morgan fingerprint density at radius 1 is 1.20 bits per heavy atom. The molecule has 2 fully saturated rings. The highest BCUT2D eigenvalue weighted by Crippen LogP contribution is 2.47. The molecule has 0 aromatic heterocycles. The lowest BCUT2D eigenvalue weighted by Crippen LogP contribution is -2.34. The minimum absolute atomic E-state index is 0.262. The van der Waals surface area contributed by atoms with Gasteiger partial charge in [0.1, 0.15) is 0 Å². The van der Waals surface area contributed by atoms with Crippen molar-refractivity contribution in [2.24, 2.45) is 17.8 Å². The number of ketones is 1. The molecule has 0 spiro atoms. The number of fused-ring (bicyclic) bond motifs is 4. The Balaban J connectivity index is 1.97. The first-order valence-electron chi connectivity index (χ1n) is 6.17. The van der Waals surface area contributed by atoms with Gasteiger partial charge in [-0.15, -0.1) is 0 Å². The smallest absolute Gasteiger partial charge is 0.163 e. The predicted octanol–water partition coefficient (Wildman–Crippen LogP) is 3.27. The summed E-state index contributed by atoms with van der Waals surface area (Å²) < 4.78 is 0. The molecule has 3 aliphatic rings. The van der Waals surface area contributed by atoms with Gasteiger partial charge in [0.25, 0.3) is 0 Å². The van der Waals surface area contributed by atoms with Crippen LogP contribution in [-0.4, -0.2) is 5.78 Å². The second-order valence-electron chi connectivity index (χ2n) is 5.45. The van der Waals surface area contributed by atoms with Crippen LogP contribution in [0.5, 0.6) is 0 Å². The van der Waals surface area contributed by atoms with E-state index in [-0.39, 0.29) is 5.92 Å². The summed E-state index contributed by atoms with van der Waals surface area (Å²) in [5.41, 5.74) is 2.63. The van der Waals surface area contributed by atoms with Crippen molar-refractivity contribution in [3.05, 3.63) is 23.3 Å². The minimum Gasteiger partial charge on any atom is -0.294 e. The Bertz CT molecular complexity index is 362. The van der Waals surface area contributed by atoms with E-state index >= 15 is 0 Å². The summed E-state index contributed by atoms with van der Waals surface area (Å²) in [6.45, 7) is 2.05. The van der Waals surface area contributed by atoms with Crippen LogP contribution in [0.2, 0.25) is 0 Å². The molecule has 0 amide bonds. The zero-order valence-corrected chi connectivity index (χ0v) is 9.33. The SMILES string of the molecule is CC1=CC(=O)[C@H]2CC3CCC[C@H](C3)C2=C1. The first-order valence-corrected chi connectivity index (χ1v) is 6.17. The topological polar surface area (TPSA) is 17.1 Å². The van der Waals surface area contributed by atoms with Gasteiger partial charge in [-0.3, -0.25) is 4.79 Å². The molecular weight excluding hydrogens is 184 g/mol. The molecule has 3 atom stereocenters. The average molecular weight is 202 g/mol. The Morgan fingerprint density at radius 2 is 2.07 bits per heavy atom. The molecule has 15 heavy (non-hydrogen) atoms. The lowest BCUT2D eigenvalue weighted by Gasteiger charge is -2.41. The number of carbonyl (C=O) groups is 1. The second-order valence-corrected chi connectivity index (χ2v) is 5.45. The van der Waals surface area contributed by atoms with Crippen molar-refractivity contribution >= 4 is 5.78 Å². The molecular formula is C14H18O. The summed E-state index contributed by atoms with van der Waals surface area (Å²) in [5.74, 6) is 2.20. The number of hydrogen-bond donors (Lipinski definition) is 0. The third-order valence-electron chi connectivity index (χ3n) is 4.33. The van der Waals surface area contributed by atoms with Gasteiger partial charge in [0.2, 0.25) is 0 Å². The van der Waals surface area contributed by atoms with E-state index in [4.69, 9.17) is 0 Å². The van der Waals surface area contributed by atoms with Crippen LogP contribution >= 0.6 is 0 Å². The van der Waals surface area contributed by atoms with E-state index in [9.17, 15) is 4.79 Å². The average Bonchev–Trinajstić information content (AvgIpc) is 2.21. The molecule has 0 aromatic carbocycles.